The minimum Gasteiger partial charge on any atom is -0.325 e. The Kier molecular flexibility index (Phi) is 6.55. The molecule has 0 aliphatic heterocycles. The smallest absolute Gasteiger partial charge is 0.256 e. The molecule has 0 saturated carbocycles. The van der Waals surface area contributed by atoms with E-state index < -0.39 is 0 Å². The summed E-state index contributed by atoms with van der Waals surface area (Å²) in [6, 6.07) is 38.4. The van der Waals surface area contributed by atoms with Crippen LogP contribution in [0.5, 0.6) is 0 Å². The first-order chi connectivity index (χ1) is 15.9. The summed E-state index contributed by atoms with van der Waals surface area (Å²) in [5.74, 6) is -0.108. The second-order valence-corrected chi connectivity index (χ2v) is 9.10. The van der Waals surface area contributed by atoms with E-state index in [9.17, 15) is 4.79 Å². The van der Waals surface area contributed by atoms with E-state index in [1.165, 1.54) is 0 Å². The Morgan fingerprint density at radius 2 is 1.06 bits per heavy atom. The number of nitrogens with one attached hydrogen (secondary N) is 1. The van der Waals surface area contributed by atoms with Crippen LogP contribution in [0.3, 0.4) is 0 Å². The number of hydrogen-bond donors (Lipinski definition) is 1. The molecule has 164 valence electrons. The summed E-state index contributed by atoms with van der Waals surface area (Å²) in [6.45, 7) is 6.41. The van der Waals surface area contributed by atoms with Crippen molar-refractivity contribution in [2.24, 2.45) is 5.41 Å². The molecule has 0 spiro atoms. The Balaban J connectivity index is 1.86. The van der Waals surface area contributed by atoms with Crippen molar-refractivity contribution in [3.63, 3.8) is 0 Å². The molecule has 33 heavy (non-hydrogen) atoms. The van der Waals surface area contributed by atoms with Crippen molar-refractivity contribution >= 4 is 11.5 Å². The Hall–Kier alpha value is -3.91. The fourth-order valence-corrected chi connectivity index (χ4v) is 4.02. The zero-order chi connectivity index (χ0) is 23.3. The van der Waals surface area contributed by atoms with E-state index in [0.717, 1.165) is 33.5 Å². The molecule has 0 heterocycles. The van der Waals surface area contributed by atoms with Crippen LogP contribution in [0.2, 0.25) is 0 Å². The maximum Gasteiger partial charge on any atom is 0.256 e. The third-order valence-electron chi connectivity index (χ3n) is 5.62. The largest absolute Gasteiger partial charge is 0.325 e. The summed E-state index contributed by atoms with van der Waals surface area (Å²) in [6.07, 6.45) is 0. The van der Waals surface area contributed by atoms with Gasteiger partial charge in [-0.05, 0) is 28.3 Å². The van der Waals surface area contributed by atoms with Crippen LogP contribution in [-0.4, -0.2) is 5.91 Å². The zero-order valence-electron chi connectivity index (χ0n) is 19.4. The lowest BCUT2D eigenvalue weighted by Crippen LogP contribution is -2.32. The zero-order valence-corrected chi connectivity index (χ0v) is 19.4. The van der Waals surface area contributed by atoms with Gasteiger partial charge in [0.25, 0.3) is 5.91 Å². The predicted octanol–water partition coefficient (Wildman–Crippen LogP) is 7.59. The number of carbonyl (C=O) groups is 1. The lowest BCUT2D eigenvalue weighted by molar-refractivity contribution is 0.0958. The van der Waals surface area contributed by atoms with Crippen molar-refractivity contribution in [2.75, 3.05) is 0 Å². The lowest BCUT2D eigenvalue weighted by atomic mass is 9.83. The minimum atomic E-state index is -0.293. The molecule has 1 amide bonds. The van der Waals surface area contributed by atoms with Crippen molar-refractivity contribution in [3.05, 3.63) is 138 Å². The van der Waals surface area contributed by atoms with Crippen molar-refractivity contribution in [3.8, 4) is 11.1 Å². The third-order valence-corrected chi connectivity index (χ3v) is 5.62. The van der Waals surface area contributed by atoms with Crippen LogP contribution in [-0.2, 0) is 0 Å². The first kappa shape index (κ1) is 22.3. The summed E-state index contributed by atoms with van der Waals surface area (Å²) in [5.41, 5.74) is 6.39. The Morgan fingerprint density at radius 3 is 1.58 bits per heavy atom. The first-order valence-electron chi connectivity index (χ1n) is 11.3. The van der Waals surface area contributed by atoms with Gasteiger partial charge in [0.05, 0.1) is 0 Å². The average Bonchev–Trinajstić information content (AvgIpc) is 2.85. The molecule has 0 saturated heterocycles. The molecule has 0 aliphatic rings. The SMILES string of the molecule is CC(C)(C)C(NC(=O)c1ccccc1-c1ccccc1)=C(c1ccccc1)c1ccccc1. The second kappa shape index (κ2) is 9.70. The number of amides is 1. The molecular weight excluding hydrogens is 402 g/mol. The standard InChI is InChI=1S/C31H29NO/c1-31(2,3)29(28(24-17-9-5-10-18-24)25-19-11-6-12-20-25)32-30(33)27-22-14-13-21-26(27)23-15-7-4-8-16-23/h4-22H,1-3H3,(H,32,33). The van der Waals surface area contributed by atoms with Crippen LogP contribution < -0.4 is 5.32 Å². The topological polar surface area (TPSA) is 29.1 Å². The molecule has 0 aliphatic carbocycles. The van der Waals surface area contributed by atoms with Crippen LogP contribution in [0.15, 0.2) is 121 Å². The van der Waals surface area contributed by atoms with Gasteiger partial charge < -0.3 is 5.32 Å². The molecule has 0 fully saturated rings. The summed E-state index contributed by atoms with van der Waals surface area (Å²) >= 11 is 0. The predicted molar refractivity (Wildman–Crippen MR) is 138 cm³/mol. The highest BCUT2D eigenvalue weighted by Gasteiger charge is 2.26. The summed E-state index contributed by atoms with van der Waals surface area (Å²) in [4.78, 5) is 13.7. The van der Waals surface area contributed by atoms with E-state index in [1.54, 1.807) is 0 Å². The molecule has 2 nitrogen and oxygen atoms in total. The summed E-state index contributed by atoms with van der Waals surface area (Å²) < 4.78 is 0. The van der Waals surface area contributed by atoms with E-state index in [0.29, 0.717) is 5.56 Å². The number of carbonyl (C=O) groups excluding carboxylic acids is 1. The van der Waals surface area contributed by atoms with E-state index >= 15 is 0 Å². The van der Waals surface area contributed by atoms with Gasteiger partial charge in [-0.1, -0.05) is 130 Å². The minimum absolute atomic E-state index is 0.108. The van der Waals surface area contributed by atoms with Gasteiger partial charge in [-0.2, -0.15) is 0 Å². The lowest BCUT2D eigenvalue weighted by Gasteiger charge is -2.28. The van der Waals surface area contributed by atoms with Crippen LogP contribution >= 0.6 is 0 Å². The van der Waals surface area contributed by atoms with Crippen molar-refractivity contribution in [1.29, 1.82) is 0 Å². The summed E-state index contributed by atoms with van der Waals surface area (Å²) in [7, 11) is 0. The molecule has 0 atom stereocenters. The molecule has 4 rings (SSSR count). The van der Waals surface area contributed by atoms with Gasteiger partial charge >= 0.3 is 0 Å². The average molecular weight is 432 g/mol. The maximum atomic E-state index is 13.7. The van der Waals surface area contributed by atoms with E-state index in [4.69, 9.17) is 0 Å². The monoisotopic (exact) mass is 431 g/mol. The molecule has 4 aromatic carbocycles. The fraction of sp³-hybridized carbons (Fsp3) is 0.129. The highest BCUT2D eigenvalue weighted by Crippen LogP contribution is 2.35. The van der Waals surface area contributed by atoms with Crippen LogP contribution in [0.4, 0.5) is 0 Å². The van der Waals surface area contributed by atoms with Crippen molar-refractivity contribution in [2.45, 2.75) is 20.8 Å². The second-order valence-electron chi connectivity index (χ2n) is 9.10. The Labute approximate surface area is 196 Å². The first-order valence-corrected chi connectivity index (χ1v) is 11.3. The molecule has 1 N–H and O–H groups in total. The van der Waals surface area contributed by atoms with Gasteiger partial charge in [0.2, 0.25) is 0 Å². The van der Waals surface area contributed by atoms with Crippen molar-refractivity contribution < 1.29 is 4.79 Å². The van der Waals surface area contributed by atoms with Gasteiger partial charge in [-0.15, -0.1) is 0 Å². The number of allylic oxidation sites excluding steroid dienone is 1. The van der Waals surface area contributed by atoms with Gasteiger partial charge in [0.15, 0.2) is 0 Å². The van der Waals surface area contributed by atoms with Gasteiger partial charge in [-0.3, -0.25) is 4.79 Å². The molecule has 4 aromatic rings. The molecule has 0 unspecified atom stereocenters. The third kappa shape index (κ3) is 5.12. The molecular formula is C31H29NO. The van der Waals surface area contributed by atoms with E-state index in [2.05, 4.69) is 50.4 Å². The molecule has 0 bridgehead atoms. The molecule has 0 aromatic heterocycles. The quantitative estimate of drug-likeness (QED) is 0.346. The highest BCUT2D eigenvalue weighted by molar-refractivity contribution is 6.03. The van der Waals surface area contributed by atoms with Crippen molar-refractivity contribution in [1.82, 2.24) is 5.32 Å². The molecule has 0 radical (unpaired) electrons. The van der Waals surface area contributed by atoms with Gasteiger partial charge in [-0.25, -0.2) is 0 Å². The Bertz CT molecular complexity index is 1210. The van der Waals surface area contributed by atoms with E-state index in [-0.39, 0.29) is 11.3 Å². The highest BCUT2D eigenvalue weighted by atomic mass is 16.1. The number of hydrogen-bond acceptors (Lipinski definition) is 1. The Morgan fingerprint density at radius 1 is 0.606 bits per heavy atom. The maximum absolute atomic E-state index is 13.7. The van der Waals surface area contributed by atoms with Crippen LogP contribution in [0, 0.1) is 5.41 Å². The van der Waals surface area contributed by atoms with Crippen LogP contribution in [0.25, 0.3) is 16.7 Å². The van der Waals surface area contributed by atoms with Crippen LogP contribution in [0.1, 0.15) is 42.3 Å². The van der Waals surface area contributed by atoms with E-state index in [1.807, 2.05) is 91.0 Å². The summed E-state index contributed by atoms with van der Waals surface area (Å²) in [5, 5.41) is 3.32. The number of rotatable bonds is 5. The van der Waals surface area contributed by atoms with Gasteiger partial charge in [0, 0.05) is 22.2 Å². The fourth-order valence-electron chi connectivity index (χ4n) is 4.02. The van der Waals surface area contributed by atoms with Gasteiger partial charge in [0.1, 0.15) is 0 Å². The normalized spacial score (nSPS) is 11.0. The molecule has 2 heteroatoms. The number of benzene rings is 4.